The summed E-state index contributed by atoms with van der Waals surface area (Å²) in [6.45, 7) is 6.78. The highest BCUT2D eigenvalue weighted by Crippen LogP contribution is 2.35. The van der Waals surface area contributed by atoms with E-state index in [1.54, 1.807) is 6.33 Å². The Morgan fingerprint density at radius 1 is 1.26 bits per heavy atom. The van der Waals surface area contributed by atoms with Crippen molar-refractivity contribution in [2.24, 2.45) is 5.92 Å². The van der Waals surface area contributed by atoms with Gasteiger partial charge in [-0.3, -0.25) is 0 Å². The van der Waals surface area contributed by atoms with Gasteiger partial charge >= 0.3 is 0 Å². The first-order chi connectivity index (χ1) is 9.20. The van der Waals surface area contributed by atoms with E-state index in [4.69, 9.17) is 0 Å². The van der Waals surface area contributed by atoms with Crippen LogP contribution in [0.25, 0.3) is 0 Å². The standard InChI is InChI=1S/C15H24N4/c1-12(2)14-9-18-15(5-3-4-6-15)10-19(14)13-7-16-11-17-8-13/h7-8,11-12,14,18H,3-6,9-10H2,1-2H3. The summed E-state index contributed by atoms with van der Waals surface area (Å²) in [7, 11) is 0. The Morgan fingerprint density at radius 3 is 2.58 bits per heavy atom. The van der Waals surface area contributed by atoms with Gasteiger partial charge in [-0.1, -0.05) is 26.7 Å². The minimum absolute atomic E-state index is 0.335. The van der Waals surface area contributed by atoms with E-state index in [2.05, 4.69) is 34.0 Å². The molecule has 2 heterocycles. The third-order valence-electron chi connectivity index (χ3n) is 4.77. The predicted octanol–water partition coefficient (Wildman–Crippen LogP) is 2.22. The molecule has 1 unspecified atom stereocenters. The van der Waals surface area contributed by atoms with Crippen LogP contribution in [-0.2, 0) is 0 Å². The first kappa shape index (κ1) is 12.9. The Kier molecular flexibility index (Phi) is 3.44. The molecule has 0 amide bonds. The molecule has 1 spiro atoms. The molecule has 1 atom stereocenters. The van der Waals surface area contributed by atoms with Crippen molar-refractivity contribution in [1.29, 1.82) is 0 Å². The zero-order valence-corrected chi connectivity index (χ0v) is 12.0. The number of piperazine rings is 1. The van der Waals surface area contributed by atoms with Gasteiger partial charge in [0.25, 0.3) is 0 Å². The molecule has 1 aliphatic heterocycles. The van der Waals surface area contributed by atoms with Crippen LogP contribution in [-0.4, -0.2) is 34.6 Å². The predicted molar refractivity (Wildman–Crippen MR) is 77.2 cm³/mol. The lowest BCUT2D eigenvalue weighted by Crippen LogP contribution is -2.64. The summed E-state index contributed by atoms with van der Waals surface area (Å²) in [5.41, 5.74) is 1.51. The van der Waals surface area contributed by atoms with Crippen molar-refractivity contribution >= 4 is 5.69 Å². The van der Waals surface area contributed by atoms with Crippen LogP contribution < -0.4 is 10.2 Å². The van der Waals surface area contributed by atoms with Gasteiger partial charge in [0.1, 0.15) is 6.33 Å². The van der Waals surface area contributed by atoms with E-state index in [0.29, 0.717) is 17.5 Å². The van der Waals surface area contributed by atoms with Gasteiger partial charge in [0, 0.05) is 24.7 Å². The van der Waals surface area contributed by atoms with Crippen LogP contribution >= 0.6 is 0 Å². The van der Waals surface area contributed by atoms with Crippen molar-refractivity contribution in [2.45, 2.75) is 51.1 Å². The molecule has 1 saturated heterocycles. The quantitative estimate of drug-likeness (QED) is 0.885. The molecule has 0 aromatic carbocycles. The van der Waals surface area contributed by atoms with Gasteiger partial charge in [0.2, 0.25) is 0 Å². The Morgan fingerprint density at radius 2 is 1.95 bits per heavy atom. The van der Waals surface area contributed by atoms with E-state index >= 15 is 0 Å². The Labute approximate surface area is 115 Å². The molecule has 4 nitrogen and oxygen atoms in total. The van der Waals surface area contributed by atoms with Crippen molar-refractivity contribution in [3.63, 3.8) is 0 Å². The van der Waals surface area contributed by atoms with E-state index in [1.807, 2.05) is 12.4 Å². The molecule has 3 rings (SSSR count). The number of nitrogens with zero attached hydrogens (tertiary/aromatic N) is 3. The second-order valence-electron chi connectivity index (χ2n) is 6.40. The zero-order valence-electron chi connectivity index (χ0n) is 12.0. The minimum Gasteiger partial charge on any atom is -0.363 e. The molecule has 1 aliphatic carbocycles. The van der Waals surface area contributed by atoms with E-state index in [1.165, 1.54) is 31.4 Å². The van der Waals surface area contributed by atoms with Gasteiger partial charge in [-0.25, -0.2) is 9.97 Å². The van der Waals surface area contributed by atoms with Crippen LogP contribution in [0.15, 0.2) is 18.7 Å². The average Bonchev–Trinajstić information content (AvgIpc) is 2.87. The van der Waals surface area contributed by atoms with Crippen molar-refractivity contribution in [2.75, 3.05) is 18.0 Å². The third-order valence-corrected chi connectivity index (χ3v) is 4.77. The van der Waals surface area contributed by atoms with E-state index in [0.717, 1.165) is 13.1 Å². The number of anilines is 1. The zero-order chi connectivity index (χ0) is 13.3. The molecule has 1 aromatic rings. The highest BCUT2D eigenvalue weighted by molar-refractivity contribution is 5.45. The molecular formula is C15H24N4. The maximum Gasteiger partial charge on any atom is 0.115 e. The smallest absolute Gasteiger partial charge is 0.115 e. The maximum absolute atomic E-state index is 4.20. The fourth-order valence-electron chi connectivity index (χ4n) is 3.64. The molecule has 2 fully saturated rings. The van der Waals surface area contributed by atoms with Crippen molar-refractivity contribution in [3.05, 3.63) is 18.7 Å². The Balaban J connectivity index is 1.86. The van der Waals surface area contributed by atoms with Crippen molar-refractivity contribution in [3.8, 4) is 0 Å². The largest absolute Gasteiger partial charge is 0.363 e. The first-order valence-electron chi connectivity index (χ1n) is 7.47. The SMILES string of the molecule is CC(C)C1CNC2(CCCC2)CN1c1cncnc1. The van der Waals surface area contributed by atoms with Gasteiger partial charge in [-0.15, -0.1) is 0 Å². The number of rotatable bonds is 2. The molecule has 19 heavy (non-hydrogen) atoms. The summed E-state index contributed by atoms with van der Waals surface area (Å²) in [5.74, 6) is 0.631. The number of hydrogen-bond acceptors (Lipinski definition) is 4. The third kappa shape index (κ3) is 2.46. The lowest BCUT2D eigenvalue weighted by molar-refractivity contribution is 0.245. The van der Waals surface area contributed by atoms with Gasteiger partial charge in [0.05, 0.1) is 18.1 Å². The van der Waals surface area contributed by atoms with Gasteiger partial charge in [-0.2, -0.15) is 0 Å². The van der Waals surface area contributed by atoms with Crippen LogP contribution in [0.2, 0.25) is 0 Å². The fraction of sp³-hybridized carbons (Fsp3) is 0.733. The molecule has 4 heteroatoms. The van der Waals surface area contributed by atoms with Crippen LogP contribution in [0, 0.1) is 5.92 Å². The van der Waals surface area contributed by atoms with Crippen LogP contribution in [0.5, 0.6) is 0 Å². The summed E-state index contributed by atoms with van der Waals surface area (Å²) < 4.78 is 0. The summed E-state index contributed by atoms with van der Waals surface area (Å²) >= 11 is 0. The molecule has 1 aromatic heterocycles. The molecule has 104 valence electrons. The Bertz CT molecular complexity index is 411. The van der Waals surface area contributed by atoms with Crippen LogP contribution in [0.1, 0.15) is 39.5 Å². The van der Waals surface area contributed by atoms with Gasteiger partial charge < -0.3 is 10.2 Å². The monoisotopic (exact) mass is 260 g/mol. The molecule has 0 radical (unpaired) electrons. The van der Waals surface area contributed by atoms with Gasteiger partial charge in [-0.05, 0) is 18.8 Å². The molecule has 0 bridgehead atoms. The van der Waals surface area contributed by atoms with Crippen molar-refractivity contribution in [1.82, 2.24) is 15.3 Å². The molecule has 2 aliphatic rings. The van der Waals surface area contributed by atoms with Crippen LogP contribution in [0.4, 0.5) is 5.69 Å². The number of hydrogen-bond donors (Lipinski definition) is 1. The lowest BCUT2D eigenvalue weighted by Gasteiger charge is -2.48. The van der Waals surface area contributed by atoms with E-state index < -0.39 is 0 Å². The maximum atomic E-state index is 4.20. The second kappa shape index (κ2) is 5.08. The van der Waals surface area contributed by atoms with Gasteiger partial charge in [0.15, 0.2) is 0 Å². The summed E-state index contributed by atoms with van der Waals surface area (Å²) in [6.07, 6.45) is 10.9. The van der Waals surface area contributed by atoms with E-state index in [9.17, 15) is 0 Å². The summed E-state index contributed by atoms with van der Waals surface area (Å²) in [4.78, 5) is 10.9. The fourth-order valence-corrected chi connectivity index (χ4v) is 3.64. The highest BCUT2D eigenvalue weighted by atomic mass is 15.3. The normalized spacial score (nSPS) is 26.3. The Hall–Kier alpha value is -1.16. The number of nitrogens with one attached hydrogen (secondary N) is 1. The summed E-state index contributed by atoms with van der Waals surface area (Å²) in [6, 6.07) is 0.539. The second-order valence-corrected chi connectivity index (χ2v) is 6.40. The highest BCUT2D eigenvalue weighted by Gasteiger charge is 2.41. The topological polar surface area (TPSA) is 41.0 Å². The van der Waals surface area contributed by atoms with Crippen molar-refractivity contribution < 1.29 is 0 Å². The lowest BCUT2D eigenvalue weighted by atomic mass is 9.89. The molecular weight excluding hydrogens is 236 g/mol. The van der Waals surface area contributed by atoms with Crippen LogP contribution in [0.3, 0.4) is 0 Å². The average molecular weight is 260 g/mol. The molecule has 1 saturated carbocycles. The minimum atomic E-state index is 0.335. The van der Waals surface area contributed by atoms with E-state index in [-0.39, 0.29) is 0 Å². The molecule has 1 N–H and O–H groups in total. The first-order valence-corrected chi connectivity index (χ1v) is 7.47. The summed E-state index contributed by atoms with van der Waals surface area (Å²) in [5, 5.41) is 3.84. The number of aromatic nitrogens is 2.